The second-order valence-corrected chi connectivity index (χ2v) is 5.51. The molecule has 0 atom stereocenters. The topological polar surface area (TPSA) is 91.5 Å². The van der Waals surface area contributed by atoms with Gasteiger partial charge in [-0.1, -0.05) is 0 Å². The van der Waals surface area contributed by atoms with E-state index in [0.717, 1.165) is 4.31 Å². The third-order valence-corrected chi connectivity index (χ3v) is 3.50. The van der Waals surface area contributed by atoms with E-state index < -0.39 is 16.2 Å². The lowest BCUT2D eigenvalue weighted by molar-refractivity contribution is 0.0596. The molecular weight excluding hydrogens is 246 g/mol. The van der Waals surface area contributed by atoms with Gasteiger partial charge in [-0.2, -0.15) is 12.7 Å². The maximum absolute atomic E-state index is 11.6. The number of esters is 1. The molecule has 96 valence electrons. The number of anilines is 1. The van der Waals surface area contributed by atoms with Crippen molar-refractivity contribution in [3.05, 3.63) is 17.5 Å². The monoisotopic (exact) mass is 261 g/mol. The molecule has 0 aliphatic carbocycles. The normalized spacial score (nSPS) is 11.6. The molecule has 2 N–H and O–H groups in total. The minimum atomic E-state index is -3.65. The molecule has 0 aliphatic heterocycles. The van der Waals surface area contributed by atoms with Gasteiger partial charge in [-0.3, -0.25) is 4.72 Å². The number of methoxy groups -OCH3 is 1. The van der Waals surface area contributed by atoms with Crippen LogP contribution in [0.25, 0.3) is 0 Å². The summed E-state index contributed by atoms with van der Waals surface area (Å²) in [7, 11) is 0.355. The van der Waals surface area contributed by atoms with Gasteiger partial charge >= 0.3 is 16.2 Å². The van der Waals surface area contributed by atoms with Crippen molar-refractivity contribution in [1.82, 2.24) is 9.29 Å². The van der Waals surface area contributed by atoms with Crippen LogP contribution in [0.3, 0.4) is 0 Å². The Morgan fingerprint density at radius 3 is 2.53 bits per heavy atom. The van der Waals surface area contributed by atoms with E-state index >= 15 is 0 Å². The fraction of sp³-hybridized carbons (Fsp3) is 0.444. The first kappa shape index (κ1) is 13.5. The van der Waals surface area contributed by atoms with Gasteiger partial charge in [0.1, 0.15) is 5.69 Å². The molecule has 0 saturated heterocycles. The van der Waals surface area contributed by atoms with Gasteiger partial charge in [0.2, 0.25) is 0 Å². The van der Waals surface area contributed by atoms with Crippen LogP contribution < -0.4 is 4.72 Å². The van der Waals surface area contributed by atoms with E-state index in [2.05, 4.69) is 14.4 Å². The Morgan fingerprint density at radius 2 is 2.06 bits per heavy atom. The Morgan fingerprint density at radius 1 is 1.47 bits per heavy atom. The third-order valence-electron chi connectivity index (χ3n) is 2.06. The third kappa shape index (κ3) is 2.98. The number of carbonyl (C=O) groups excluding carboxylic acids is 1. The van der Waals surface area contributed by atoms with Gasteiger partial charge < -0.3 is 9.72 Å². The predicted octanol–water partition coefficient (Wildman–Crippen LogP) is 0.328. The van der Waals surface area contributed by atoms with Crippen molar-refractivity contribution in [1.29, 1.82) is 0 Å². The number of hydrogen-bond acceptors (Lipinski definition) is 4. The Kier molecular flexibility index (Phi) is 3.79. The molecule has 1 aromatic rings. The van der Waals surface area contributed by atoms with Gasteiger partial charge in [0.15, 0.2) is 0 Å². The standard InChI is InChI=1S/C9H15N3O4S/c1-6-5-7(8(10-6)9(13)16-4)11-17(14,15)12(2)3/h5,10-11H,1-4H3. The highest BCUT2D eigenvalue weighted by Gasteiger charge is 2.20. The molecule has 1 rings (SSSR count). The maximum atomic E-state index is 11.6. The maximum Gasteiger partial charge on any atom is 0.356 e. The summed E-state index contributed by atoms with van der Waals surface area (Å²) in [6.07, 6.45) is 0. The molecule has 0 radical (unpaired) electrons. The molecule has 0 aromatic carbocycles. The van der Waals surface area contributed by atoms with Crippen LogP contribution in [-0.4, -0.2) is 44.9 Å². The molecule has 1 aromatic heterocycles. The summed E-state index contributed by atoms with van der Waals surface area (Å²) < 4.78 is 31.1. The second-order valence-electron chi connectivity index (χ2n) is 3.62. The zero-order valence-electron chi connectivity index (χ0n) is 10.1. The lowest BCUT2D eigenvalue weighted by atomic mass is 10.4. The molecule has 7 nitrogen and oxygen atoms in total. The lowest BCUT2D eigenvalue weighted by Crippen LogP contribution is -2.29. The van der Waals surface area contributed by atoms with Crippen molar-refractivity contribution >= 4 is 21.9 Å². The molecule has 0 unspecified atom stereocenters. The highest BCUT2D eigenvalue weighted by molar-refractivity contribution is 7.90. The van der Waals surface area contributed by atoms with E-state index in [1.54, 1.807) is 6.92 Å². The first-order chi connectivity index (χ1) is 7.77. The molecule has 8 heteroatoms. The van der Waals surface area contributed by atoms with E-state index in [-0.39, 0.29) is 11.4 Å². The number of aryl methyl sites for hydroxylation is 1. The number of rotatable bonds is 4. The van der Waals surface area contributed by atoms with Gasteiger partial charge in [-0.05, 0) is 13.0 Å². The number of ether oxygens (including phenoxy) is 1. The number of aromatic amines is 1. The Hall–Kier alpha value is -1.54. The number of carbonyl (C=O) groups is 1. The number of nitrogens with one attached hydrogen (secondary N) is 2. The first-order valence-electron chi connectivity index (χ1n) is 4.76. The molecule has 0 fully saturated rings. The smallest absolute Gasteiger partial charge is 0.356 e. The largest absolute Gasteiger partial charge is 0.464 e. The van der Waals surface area contributed by atoms with Crippen molar-refractivity contribution < 1.29 is 17.9 Å². The molecule has 0 amide bonds. The van der Waals surface area contributed by atoms with Gasteiger partial charge in [0.25, 0.3) is 0 Å². The number of hydrogen-bond donors (Lipinski definition) is 2. The van der Waals surface area contributed by atoms with E-state index in [1.165, 1.54) is 27.3 Å². The van der Waals surface area contributed by atoms with Gasteiger partial charge in [0.05, 0.1) is 12.8 Å². The van der Waals surface area contributed by atoms with Crippen molar-refractivity contribution in [2.75, 3.05) is 25.9 Å². The molecule has 1 heterocycles. The van der Waals surface area contributed by atoms with Crippen LogP contribution in [-0.2, 0) is 14.9 Å². The zero-order chi connectivity index (χ0) is 13.2. The number of H-pyrrole nitrogens is 1. The van der Waals surface area contributed by atoms with E-state index in [0.29, 0.717) is 5.69 Å². The first-order valence-corrected chi connectivity index (χ1v) is 6.20. The molecule has 17 heavy (non-hydrogen) atoms. The molecule has 0 saturated carbocycles. The summed E-state index contributed by atoms with van der Waals surface area (Å²) >= 11 is 0. The number of aromatic nitrogens is 1. The van der Waals surface area contributed by atoms with Gasteiger partial charge in [0, 0.05) is 19.8 Å². The Bertz CT molecular complexity index is 518. The van der Waals surface area contributed by atoms with Gasteiger partial charge in [-0.25, -0.2) is 4.79 Å². The fourth-order valence-electron chi connectivity index (χ4n) is 1.16. The summed E-state index contributed by atoms with van der Waals surface area (Å²) in [6.45, 7) is 1.71. The summed E-state index contributed by atoms with van der Waals surface area (Å²) in [6, 6.07) is 1.52. The average Bonchev–Trinajstić information content (AvgIpc) is 2.57. The lowest BCUT2D eigenvalue weighted by Gasteiger charge is -2.12. The van der Waals surface area contributed by atoms with Crippen molar-refractivity contribution in [2.24, 2.45) is 0 Å². The van der Waals surface area contributed by atoms with E-state index in [1.807, 2.05) is 0 Å². The summed E-state index contributed by atoms with van der Waals surface area (Å²) in [5.41, 5.74) is 0.903. The van der Waals surface area contributed by atoms with Crippen LogP contribution in [0.1, 0.15) is 16.2 Å². The number of nitrogens with zero attached hydrogens (tertiary/aromatic N) is 1. The molecular formula is C9H15N3O4S. The van der Waals surface area contributed by atoms with Crippen LogP contribution in [0.5, 0.6) is 0 Å². The quantitative estimate of drug-likeness (QED) is 0.764. The Balaban J connectivity index is 3.11. The minimum absolute atomic E-state index is 0.0791. The highest BCUT2D eigenvalue weighted by atomic mass is 32.2. The zero-order valence-corrected chi connectivity index (χ0v) is 10.9. The van der Waals surface area contributed by atoms with E-state index in [4.69, 9.17) is 0 Å². The van der Waals surface area contributed by atoms with Crippen molar-refractivity contribution in [2.45, 2.75) is 6.92 Å². The van der Waals surface area contributed by atoms with Crippen LogP contribution in [0, 0.1) is 6.92 Å². The molecule has 0 spiro atoms. The van der Waals surface area contributed by atoms with Crippen LogP contribution in [0.2, 0.25) is 0 Å². The Labute approximate surface area is 99.9 Å². The van der Waals surface area contributed by atoms with Crippen LogP contribution >= 0.6 is 0 Å². The SMILES string of the molecule is COC(=O)c1[nH]c(C)cc1NS(=O)(=O)N(C)C. The van der Waals surface area contributed by atoms with Crippen molar-refractivity contribution in [3.63, 3.8) is 0 Å². The predicted molar refractivity (Wildman–Crippen MR) is 63.1 cm³/mol. The second kappa shape index (κ2) is 4.76. The average molecular weight is 261 g/mol. The van der Waals surface area contributed by atoms with Crippen molar-refractivity contribution in [3.8, 4) is 0 Å². The minimum Gasteiger partial charge on any atom is -0.464 e. The molecule has 0 aliphatic rings. The summed E-state index contributed by atoms with van der Waals surface area (Å²) in [5.74, 6) is -0.630. The van der Waals surface area contributed by atoms with E-state index in [9.17, 15) is 13.2 Å². The fourth-order valence-corrected chi connectivity index (χ4v) is 1.78. The molecule has 0 bridgehead atoms. The summed E-state index contributed by atoms with van der Waals surface area (Å²) in [5, 5.41) is 0. The summed E-state index contributed by atoms with van der Waals surface area (Å²) in [4.78, 5) is 14.1. The van der Waals surface area contributed by atoms with Crippen LogP contribution in [0.15, 0.2) is 6.07 Å². The van der Waals surface area contributed by atoms with Gasteiger partial charge in [-0.15, -0.1) is 0 Å². The van der Waals surface area contributed by atoms with Crippen LogP contribution in [0.4, 0.5) is 5.69 Å². The highest BCUT2D eigenvalue weighted by Crippen LogP contribution is 2.19.